The van der Waals surface area contributed by atoms with Crippen molar-refractivity contribution < 1.29 is 28.3 Å². The Labute approximate surface area is 200 Å². The molecule has 3 aromatic rings. The van der Waals surface area contributed by atoms with E-state index in [-0.39, 0.29) is 23.5 Å². The number of halogens is 1. The molecule has 0 radical (unpaired) electrons. The smallest absolute Gasteiger partial charge is 0.237 e. The number of hydrogen-bond acceptors (Lipinski definition) is 5. The van der Waals surface area contributed by atoms with Crippen molar-refractivity contribution in [3.8, 4) is 0 Å². The van der Waals surface area contributed by atoms with Gasteiger partial charge in [0.25, 0.3) is 0 Å². The molecule has 6 rings (SSSR count). The molecule has 2 fully saturated rings. The average molecular weight is 469 g/mol. The van der Waals surface area contributed by atoms with Gasteiger partial charge in [0.15, 0.2) is 0 Å². The van der Waals surface area contributed by atoms with Gasteiger partial charge in [0.05, 0.1) is 17.9 Å². The first-order valence-corrected chi connectivity index (χ1v) is 11.4. The molecule has 2 aliphatic heterocycles. The first kappa shape index (κ1) is 21.6. The largest absolute Gasteiger partial charge is 0.349 e. The molecule has 2 heterocycles. The number of benzene rings is 3. The number of fused-ring (bicyclic) bond motifs is 3. The minimum Gasteiger partial charge on any atom is -0.349 e. The van der Waals surface area contributed by atoms with E-state index in [0.717, 1.165) is 10.5 Å². The lowest BCUT2D eigenvalue weighted by atomic mass is 9.77. The number of rotatable bonds is 4. The second-order valence-corrected chi connectivity index (χ2v) is 9.10. The molecule has 1 aliphatic carbocycles. The van der Waals surface area contributed by atoms with Crippen molar-refractivity contribution in [1.29, 1.82) is 0 Å². The zero-order valence-electron chi connectivity index (χ0n) is 18.5. The van der Waals surface area contributed by atoms with Gasteiger partial charge >= 0.3 is 0 Å². The summed E-state index contributed by atoms with van der Waals surface area (Å²) in [4.78, 5) is 55.8. The van der Waals surface area contributed by atoms with Gasteiger partial charge in [-0.2, -0.15) is 0 Å². The van der Waals surface area contributed by atoms with E-state index in [1.54, 1.807) is 60.7 Å². The topological polar surface area (TPSA) is 80.8 Å². The van der Waals surface area contributed by atoms with E-state index in [0.29, 0.717) is 12.0 Å². The summed E-state index contributed by atoms with van der Waals surface area (Å²) in [5.41, 5.74) is -0.274. The van der Waals surface area contributed by atoms with E-state index in [9.17, 15) is 23.6 Å². The van der Waals surface area contributed by atoms with Crippen LogP contribution in [0.2, 0.25) is 0 Å². The molecule has 2 saturated heterocycles. The Morgan fingerprint density at radius 3 is 2.00 bits per heavy atom. The van der Waals surface area contributed by atoms with E-state index in [1.807, 2.05) is 6.07 Å². The Morgan fingerprint density at radius 1 is 0.771 bits per heavy atom. The minimum absolute atomic E-state index is 0.0587. The molecule has 6 nitrogen and oxygen atoms in total. The molecular weight excluding hydrogens is 449 g/mol. The predicted octanol–water partition coefficient (Wildman–Crippen LogP) is 3.56. The van der Waals surface area contributed by atoms with Crippen LogP contribution in [0.15, 0.2) is 78.9 Å². The summed E-state index contributed by atoms with van der Waals surface area (Å²) < 4.78 is 19.5. The van der Waals surface area contributed by atoms with Gasteiger partial charge in [-0.25, -0.2) is 4.39 Å². The van der Waals surface area contributed by atoms with Gasteiger partial charge in [-0.1, -0.05) is 66.7 Å². The second-order valence-electron chi connectivity index (χ2n) is 9.10. The van der Waals surface area contributed by atoms with Crippen LogP contribution in [0.3, 0.4) is 0 Å². The quantitative estimate of drug-likeness (QED) is 0.431. The monoisotopic (exact) mass is 469 g/mol. The summed E-state index contributed by atoms with van der Waals surface area (Å²) in [6.45, 7) is 0.0587. The molecule has 3 aromatic carbocycles. The zero-order valence-corrected chi connectivity index (χ0v) is 18.5. The van der Waals surface area contributed by atoms with Gasteiger partial charge in [-0.15, -0.1) is 0 Å². The van der Waals surface area contributed by atoms with Crippen molar-refractivity contribution in [2.45, 2.75) is 18.1 Å². The van der Waals surface area contributed by atoms with E-state index < -0.39 is 46.9 Å². The summed E-state index contributed by atoms with van der Waals surface area (Å²) in [5.74, 6) is -4.83. The van der Waals surface area contributed by atoms with Crippen LogP contribution in [0.4, 0.5) is 4.39 Å². The lowest BCUT2D eigenvalue weighted by Crippen LogP contribution is -2.51. The third-order valence-electron chi connectivity index (χ3n) is 7.28. The summed E-state index contributed by atoms with van der Waals surface area (Å²) in [6.07, 6.45) is -0.598. The Hall–Kier alpha value is -3.97. The Morgan fingerprint density at radius 2 is 1.37 bits per heavy atom. The molecule has 3 aliphatic rings. The second kappa shape index (κ2) is 7.78. The molecule has 0 N–H and O–H groups in total. The molecule has 35 heavy (non-hydrogen) atoms. The van der Waals surface area contributed by atoms with Gasteiger partial charge in [-0.05, 0) is 29.7 Å². The van der Waals surface area contributed by atoms with E-state index >= 15 is 0 Å². The maximum atomic E-state index is 13.7. The summed E-state index contributed by atoms with van der Waals surface area (Å²) in [5, 5.41) is 0. The number of ether oxygens (including phenoxy) is 1. The highest BCUT2D eigenvalue weighted by Gasteiger charge is 2.74. The highest BCUT2D eigenvalue weighted by Crippen LogP contribution is 2.57. The molecular formula is C28H20FNO5. The molecule has 0 unspecified atom stereocenters. The first-order valence-electron chi connectivity index (χ1n) is 11.4. The van der Waals surface area contributed by atoms with E-state index in [2.05, 4.69) is 0 Å². The van der Waals surface area contributed by atoms with Crippen molar-refractivity contribution in [3.63, 3.8) is 0 Å². The van der Waals surface area contributed by atoms with Gasteiger partial charge in [0.2, 0.25) is 29.0 Å². The molecule has 0 aromatic heterocycles. The van der Waals surface area contributed by atoms with Gasteiger partial charge < -0.3 is 4.74 Å². The van der Waals surface area contributed by atoms with Crippen molar-refractivity contribution >= 4 is 23.4 Å². The number of nitrogens with zero attached hydrogens (tertiary/aromatic N) is 1. The molecule has 0 bridgehead atoms. The highest BCUT2D eigenvalue weighted by atomic mass is 19.1. The van der Waals surface area contributed by atoms with Gasteiger partial charge in [-0.3, -0.25) is 24.1 Å². The van der Waals surface area contributed by atoms with Crippen molar-refractivity contribution in [3.05, 3.63) is 107 Å². The molecule has 3 atom stereocenters. The SMILES string of the molecule is O=C1[C@@H]2[C@@H](c3ccccc3)OC3(C(=O)c4ccccc4C3=O)[C@@H]2C(=O)N1CCc1ccc(F)cc1. The molecule has 0 saturated carbocycles. The van der Waals surface area contributed by atoms with E-state index in [4.69, 9.17) is 4.74 Å². The van der Waals surface area contributed by atoms with Crippen molar-refractivity contribution in [1.82, 2.24) is 4.90 Å². The van der Waals surface area contributed by atoms with Crippen molar-refractivity contribution in [2.75, 3.05) is 6.54 Å². The molecule has 174 valence electrons. The summed E-state index contributed by atoms with van der Waals surface area (Å²) >= 11 is 0. The van der Waals surface area contributed by atoms with Crippen LogP contribution >= 0.6 is 0 Å². The lowest BCUT2D eigenvalue weighted by Gasteiger charge is -2.27. The zero-order chi connectivity index (χ0) is 24.3. The average Bonchev–Trinajstić information content (AvgIpc) is 3.44. The lowest BCUT2D eigenvalue weighted by molar-refractivity contribution is -0.144. The van der Waals surface area contributed by atoms with Crippen LogP contribution in [-0.4, -0.2) is 40.4 Å². The van der Waals surface area contributed by atoms with Crippen LogP contribution in [0.1, 0.15) is 37.9 Å². The van der Waals surface area contributed by atoms with Crippen LogP contribution < -0.4 is 0 Å². The Balaban J connectivity index is 1.41. The Bertz CT molecular complexity index is 1350. The fraction of sp³-hybridized carbons (Fsp3) is 0.214. The number of carbonyl (C=O) groups excluding carboxylic acids is 4. The molecule has 1 spiro atoms. The number of Topliss-reactive ketones (excluding diaryl/α,β-unsaturated/α-hetero) is 2. The minimum atomic E-state index is -2.06. The van der Waals surface area contributed by atoms with Crippen LogP contribution in [0, 0.1) is 17.7 Å². The highest BCUT2D eigenvalue weighted by molar-refractivity contribution is 6.35. The molecule has 7 heteroatoms. The maximum Gasteiger partial charge on any atom is 0.237 e. The predicted molar refractivity (Wildman–Crippen MR) is 122 cm³/mol. The third-order valence-corrected chi connectivity index (χ3v) is 7.28. The number of ketones is 2. The number of carbonyl (C=O) groups is 4. The fourth-order valence-electron chi connectivity index (χ4n) is 5.63. The number of imide groups is 1. The van der Waals surface area contributed by atoms with Gasteiger partial charge in [0, 0.05) is 17.7 Å². The van der Waals surface area contributed by atoms with Crippen molar-refractivity contribution in [2.24, 2.45) is 11.8 Å². The Kier molecular flexibility index (Phi) is 4.79. The normalized spacial score (nSPS) is 24.4. The third kappa shape index (κ3) is 2.98. The van der Waals surface area contributed by atoms with E-state index in [1.165, 1.54) is 12.1 Å². The number of amides is 2. The van der Waals surface area contributed by atoms with Crippen LogP contribution in [0.25, 0.3) is 0 Å². The summed E-state index contributed by atoms with van der Waals surface area (Å²) in [6, 6.07) is 21.1. The van der Waals surface area contributed by atoms with Crippen LogP contribution in [-0.2, 0) is 20.7 Å². The van der Waals surface area contributed by atoms with Crippen LogP contribution in [0.5, 0.6) is 0 Å². The maximum absolute atomic E-state index is 13.7. The fourth-order valence-corrected chi connectivity index (χ4v) is 5.63. The summed E-state index contributed by atoms with van der Waals surface area (Å²) in [7, 11) is 0. The standard InChI is InChI=1S/C28H20FNO5/c29-18-12-10-16(11-13-18)14-15-30-26(33)21-22(27(30)34)28(35-23(21)17-6-2-1-3-7-17)24(31)19-8-4-5-9-20(19)25(28)32/h1-13,21-23H,14-15H2/t21-,22-,23+/m0/s1. The van der Waals surface area contributed by atoms with Gasteiger partial charge in [0.1, 0.15) is 5.82 Å². The first-order chi connectivity index (χ1) is 16.9. The number of hydrogen-bond donors (Lipinski definition) is 0. The molecule has 2 amide bonds. The number of likely N-dealkylation sites (tertiary alicyclic amines) is 1.